The van der Waals surface area contributed by atoms with Gasteiger partial charge in [-0.2, -0.15) is 0 Å². The summed E-state index contributed by atoms with van der Waals surface area (Å²) < 4.78 is 3.60. The van der Waals surface area contributed by atoms with Crippen molar-refractivity contribution in [2.24, 2.45) is 0 Å². The lowest BCUT2D eigenvalue weighted by Gasteiger charge is -2.13. The van der Waals surface area contributed by atoms with Crippen LogP contribution in [0, 0.1) is 0 Å². The van der Waals surface area contributed by atoms with E-state index in [1.54, 1.807) is 4.57 Å². The van der Waals surface area contributed by atoms with Crippen LogP contribution in [-0.4, -0.2) is 25.1 Å². The van der Waals surface area contributed by atoms with E-state index in [1.807, 2.05) is 28.8 Å². The molecule has 1 aromatic carbocycles. The van der Waals surface area contributed by atoms with Gasteiger partial charge < -0.3 is 5.32 Å². The fourth-order valence-corrected chi connectivity index (χ4v) is 3.87. The molecule has 0 saturated heterocycles. The normalized spacial score (nSPS) is 15.3. The molecule has 0 saturated carbocycles. The van der Waals surface area contributed by atoms with Crippen molar-refractivity contribution >= 4 is 29.8 Å². The zero-order valence-corrected chi connectivity index (χ0v) is 17.7. The van der Waals surface area contributed by atoms with Crippen LogP contribution >= 0.6 is 24.0 Å². The summed E-state index contributed by atoms with van der Waals surface area (Å²) in [6, 6.07) is 8.01. The van der Waals surface area contributed by atoms with Gasteiger partial charge in [0.25, 0.3) is 0 Å². The summed E-state index contributed by atoms with van der Waals surface area (Å²) in [6.45, 7) is 5.47. The van der Waals surface area contributed by atoms with E-state index in [4.69, 9.17) is 16.6 Å². The molecule has 0 radical (unpaired) electrons. The molecule has 0 amide bonds. The number of nitrogens with one attached hydrogen (secondary N) is 1. The first-order chi connectivity index (χ1) is 13.1. The van der Waals surface area contributed by atoms with Crippen LogP contribution in [0.4, 0.5) is 5.82 Å². The first-order valence-electron chi connectivity index (χ1n) is 9.61. The Morgan fingerprint density at radius 1 is 1.18 bits per heavy atom. The fourth-order valence-electron chi connectivity index (χ4n) is 3.74. The van der Waals surface area contributed by atoms with Gasteiger partial charge in [0, 0.05) is 30.6 Å². The van der Waals surface area contributed by atoms with Gasteiger partial charge in [0.1, 0.15) is 17.3 Å². The van der Waals surface area contributed by atoms with E-state index in [0.29, 0.717) is 18.9 Å². The molecule has 8 heteroatoms. The van der Waals surface area contributed by atoms with Gasteiger partial charge in [0.2, 0.25) is 0 Å². The van der Waals surface area contributed by atoms with Crippen LogP contribution in [0.15, 0.2) is 29.1 Å². The predicted octanol–water partition coefficient (Wildman–Crippen LogP) is 4.02. The van der Waals surface area contributed by atoms with Gasteiger partial charge in [-0.05, 0) is 37.0 Å². The summed E-state index contributed by atoms with van der Waals surface area (Å²) in [5.41, 5.74) is 1.99. The number of rotatable bonds is 6. The summed E-state index contributed by atoms with van der Waals surface area (Å²) in [7, 11) is 0. The minimum absolute atomic E-state index is 0. The van der Waals surface area contributed by atoms with Crippen LogP contribution in [0.5, 0.6) is 0 Å². The third-order valence-corrected chi connectivity index (χ3v) is 5.21. The second-order valence-corrected chi connectivity index (χ2v) is 7.56. The minimum Gasteiger partial charge on any atom is -0.365 e. The number of benzene rings is 1. The van der Waals surface area contributed by atoms with E-state index in [1.165, 1.54) is 5.56 Å². The van der Waals surface area contributed by atoms with Crippen molar-refractivity contribution < 1.29 is 0 Å². The van der Waals surface area contributed by atoms with E-state index in [9.17, 15) is 4.79 Å². The van der Waals surface area contributed by atoms with Gasteiger partial charge in [-0.15, -0.1) is 12.4 Å². The molecule has 0 aliphatic carbocycles. The van der Waals surface area contributed by atoms with Gasteiger partial charge in [-0.1, -0.05) is 37.6 Å². The zero-order chi connectivity index (χ0) is 19.0. The monoisotopic (exact) mass is 421 g/mol. The minimum atomic E-state index is -0.00611. The molecule has 0 bridgehead atoms. The number of anilines is 1. The highest BCUT2D eigenvalue weighted by Crippen LogP contribution is 2.31. The maximum atomic E-state index is 13.1. The Bertz CT molecular complexity index is 980. The van der Waals surface area contributed by atoms with Crippen molar-refractivity contribution in [1.82, 2.24) is 19.1 Å². The van der Waals surface area contributed by atoms with Crippen LogP contribution in [0.2, 0.25) is 5.02 Å². The van der Waals surface area contributed by atoms with Crippen LogP contribution < -0.4 is 11.0 Å². The Morgan fingerprint density at radius 2 is 1.93 bits per heavy atom. The number of aromatic nitrogens is 4. The SMILES string of the molecule is CCCc1nc2c3n(c(=O)n(CCC)c-2n1)CC(Cc1ccc(Cl)cc1)N3.Cl. The number of imidazole rings is 1. The lowest BCUT2D eigenvalue weighted by Crippen LogP contribution is -2.32. The lowest BCUT2D eigenvalue weighted by atomic mass is 10.1. The molecular weight excluding hydrogens is 397 g/mol. The number of hydrogen-bond acceptors (Lipinski definition) is 4. The van der Waals surface area contributed by atoms with Crippen LogP contribution in [0.3, 0.4) is 0 Å². The molecule has 0 fully saturated rings. The summed E-state index contributed by atoms with van der Waals surface area (Å²) in [6.07, 6.45) is 3.51. The molecule has 3 aliphatic rings. The van der Waals surface area contributed by atoms with E-state index in [0.717, 1.165) is 48.0 Å². The number of nitrogens with zero attached hydrogens (tertiary/aromatic N) is 4. The van der Waals surface area contributed by atoms with Crippen LogP contribution in [0.1, 0.15) is 38.1 Å². The van der Waals surface area contributed by atoms with Crippen molar-refractivity contribution in [3.63, 3.8) is 0 Å². The van der Waals surface area contributed by atoms with Gasteiger partial charge >= 0.3 is 5.69 Å². The van der Waals surface area contributed by atoms with E-state index < -0.39 is 0 Å². The highest BCUT2D eigenvalue weighted by molar-refractivity contribution is 6.30. The third kappa shape index (κ3) is 3.76. The number of aryl methyl sites for hydroxylation is 1. The molecule has 0 aromatic heterocycles. The number of fused-ring (bicyclic) bond motifs is 3. The van der Waals surface area contributed by atoms with Crippen molar-refractivity contribution in [3.05, 3.63) is 51.2 Å². The average molecular weight is 422 g/mol. The predicted molar refractivity (Wildman–Crippen MR) is 115 cm³/mol. The Kier molecular flexibility index (Phi) is 6.30. The third-order valence-electron chi connectivity index (χ3n) is 4.96. The molecule has 3 heterocycles. The van der Waals surface area contributed by atoms with Gasteiger partial charge in [-0.25, -0.2) is 14.8 Å². The maximum Gasteiger partial charge on any atom is 0.331 e. The molecule has 1 atom stereocenters. The molecule has 28 heavy (non-hydrogen) atoms. The van der Waals surface area contributed by atoms with Crippen molar-refractivity contribution in [1.29, 1.82) is 0 Å². The zero-order valence-electron chi connectivity index (χ0n) is 16.1. The molecular formula is C20H25Cl2N5O. The molecule has 0 spiro atoms. The highest BCUT2D eigenvalue weighted by atomic mass is 35.5. The Balaban J connectivity index is 0.00000225. The average Bonchev–Trinajstić information content (AvgIpc) is 3.25. The van der Waals surface area contributed by atoms with Crippen molar-refractivity contribution in [3.8, 4) is 11.5 Å². The topological polar surface area (TPSA) is 64.7 Å². The summed E-state index contributed by atoms with van der Waals surface area (Å²) in [4.78, 5) is 22.5. The molecule has 1 N–H and O–H groups in total. The molecule has 1 aromatic rings. The highest BCUT2D eigenvalue weighted by Gasteiger charge is 2.31. The summed E-state index contributed by atoms with van der Waals surface area (Å²) >= 11 is 5.98. The Labute approximate surface area is 175 Å². The molecule has 150 valence electrons. The first-order valence-corrected chi connectivity index (χ1v) is 9.99. The van der Waals surface area contributed by atoms with E-state index in [2.05, 4.69) is 24.1 Å². The molecule has 1 unspecified atom stereocenters. The molecule has 6 nitrogen and oxygen atoms in total. The fraction of sp³-hybridized carbons (Fsp3) is 0.450. The molecule has 3 aliphatic heterocycles. The molecule has 4 rings (SSSR count). The van der Waals surface area contributed by atoms with E-state index in [-0.39, 0.29) is 24.1 Å². The summed E-state index contributed by atoms with van der Waals surface area (Å²) in [5.74, 6) is 2.32. The van der Waals surface area contributed by atoms with E-state index >= 15 is 0 Å². The smallest absolute Gasteiger partial charge is 0.331 e. The van der Waals surface area contributed by atoms with Crippen molar-refractivity contribution in [2.45, 2.75) is 58.7 Å². The summed E-state index contributed by atoms with van der Waals surface area (Å²) in [5, 5.41) is 4.25. The largest absolute Gasteiger partial charge is 0.365 e. The van der Waals surface area contributed by atoms with Crippen molar-refractivity contribution in [2.75, 3.05) is 5.32 Å². The number of halogens is 2. The number of hydrogen-bond donors (Lipinski definition) is 1. The standard InChI is InChI=1S/C20H24ClN5O.ClH/c1-3-5-16-23-17-18-22-15(11-13-6-8-14(21)9-7-13)12-26(18)20(27)25(10-4-2)19(17)24-16;/h6-9,15,22H,3-5,10-12H2,1-2H3;1H. The second kappa shape index (κ2) is 8.53. The van der Waals surface area contributed by atoms with Crippen LogP contribution in [0.25, 0.3) is 11.5 Å². The quantitative estimate of drug-likeness (QED) is 0.652. The Morgan fingerprint density at radius 3 is 2.61 bits per heavy atom. The Hall–Kier alpha value is -2.05. The van der Waals surface area contributed by atoms with Crippen LogP contribution in [-0.2, 0) is 25.9 Å². The first kappa shape index (κ1) is 20.7. The maximum absolute atomic E-state index is 13.1. The lowest BCUT2D eigenvalue weighted by molar-refractivity contribution is 0.560. The second-order valence-electron chi connectivity index (χ2n) is 7.13. The van der Waals surface area contributed by atoms with Gasteiger partial charge in [0.05, 0.1) is 0 Å². The van der Waals surface area contributed by atoms with Gasteiger partial charge in [-0.3, -0.25) is 9.13 Å². The van der Waals surface area contributed by atoms with Gasteiger partial charge in [0.15, 0.2) is 5.82 Å².